The topological polar surface area (TPSA) is 66.2 Å². The summed E-state index contributed by atoms with van der Waals surface area (Å²) >= 11 is 0. The summed E-state index contributed by atoms with van der Waals surface area (Å²) in [6.45, 7) is 14.5. The molecule has 32 heavy (non-hydrogen) atoms. The Bertz CT molecular complexity index is 1220. The quantitative estimate of drug-likeness (QED) is 0.626. The molecule has 4 heteroatoms. The average Bonchev–Trinajstić information content (AvgIpc) is 3.24. The highest BCUT2D eigenvalue weighted by Gasteiger charge is 2.18. The highest BCUT2D eigenvalue weighted by atomic mass is 16.3. The molecule has 2 N–H and O–H groups in total. The van der Waals surface area contributed by atoms with Crippen LogP contribution in [0.4, 0.5) is 0 Å². The van der Waals surface area contributed by atoms with Crippen LogP contribution >= 0.6 is 0 Å². The highest BCUT2D eigenvalue weighted by molar-refractivity contribution is 5.74. The van der Waals surface area contributed by atoms with Crippen LogP contribution in [0.1, 0.15) is 52.7 Å². The van der Waals surface area contributed by atoms with Gasteiger partial charge >= 0.3 is 0 Å². The third-order valence-corrected chi connectivity index (χ3v) is 6.22. The van der Waals surface area contributed by atoms with Crippen molar-refractivity contribution in [3.05, 3.63) is 75.1 Å². The van der Waals surface area contributed by atoms with E-state index in [1.165, 1.54) is 11.3 Å². The molecule has 0 aliphatic heterocycles. The Hall–Kier alpha value is -3.45. The predicted molar refractivity (Wildman–Crippen MR) is 133 cm³/mol. The first kappa shape index (κ1) is 23.2. The second-order valence-electron chi connectivity index (χ2n) is 8.09. The minimum atomic E-state index is 0.513. The molecule has 1 fully saturated rings. The SMILES string of the molecule is C=c1cc(-c2ccc(/C(C)=C(\C#N)C(N)=C3CCC3)o2)cc/c1=C/C(=C\C)N(CC)CC. The van der Waals surface area contributed by atoms with Crippen LogP contribution in [-0.2, 0) is 0 Å². The molecule has 0 spiro atoms. The van der Waals surface area contributed by atoms with Gasteiger partial charge in [-0.3, -0.25) is 0 Å². The summed E-state index contributed by atoms with van der Waals surface area (Å²) in [6, 6.07) is 12.3. The number of nitriles is 1. The van der Waals surface area contributed by atoms with E-state index in [2.05, 4.69) is 56.5 Å². The van der Waals surface area contributed by atoms with Crippen molar-refractivity contribution in [2.24, 2.45) is 5.73 Å². The van der Waals surface area contributed by atoms with Gasteiger partial charge in [-0.2, -0.15) is 5.26 Å². The van der Waals surface area contributed by atoms with Gasteiger partial charge in [0.05, 0.1) is 5.57 Å². The summed E-state index contributed by atoms with van der Waals surface area (Å²) in [5, 5.41) is 11.7. The Morgan fingerprint density at radius 2 is 1.94 bits per heavy atom. The summed E-state index contributed by atoms with van der Waals surface area (Å²) in [6.07, 6.45) is 7.41. The van der Waals surface area contributed by atoms with Gasteiger partial charge < -0.3 is 15.1 Å². The number of nitrogens with two attached hydrogens (primary N) is 1. The van der Waals surface area contributed by atoms with Crippen LogP contribution in [0.15, 0.2) is 63.4 Å². The molecule has 1 aromatic heterocycles. The minimum absolute atomic E-state index is 0.513. The van der Waals surface area contributed by atoms with E-state index in [1.54, 1.807) is 0 Å². The zero-order valence-electron chi connectivity index (χ0n) is 19.7. The fraction of sp³-hybridized carbons (Fsp3) is 0.321. The van der Waals surface area contributed by atoms with Gasteiger partial charge in [-0.1, -0.05) is 24.8 Å². The maximum absolute atomic E-state index is 9.67. The molecule has 0 saturated heterocycles. The molecule has 1 aliphatic rings. The second-order valence-corrected chi connectivity index (χ2v) is 8.09. The first-order valence-electron chi connectivity index (χ1n) is 11.3. The lowest BCUT2D eigenvalue weighted by atomic mass is 9.87. The van der Waals surface area contributed by atoms with E-state index in [9.17, 15) is 5.26 Å². The molecule has 2 aromatic rings. The van der Waals surface area contributed by atoms with Crippen LogP contribution in [0.3, 0.4) is 0 Å². The molecule has 0 radical (unpaired) electrons. The molecule has 0 unspecified atom stereocenters. The van der Waals surface area contributed by atoms with Crippen LogP contribution in [0.25, 0.3) is 29.6 Å². The number of allylic oxidation sites excluding steroid dienone is 5. The number of furan rings is 1. The summed E-state index contributed by atoms with van der Waals surface area (Å²) in [5.74, 6) is 1.41. The zero-order valence-corrected chi connectivity index (χ0v) is 19.7. The second kappa shape index (κ2) is 10.2. The van der Waals surface area contributed by atoms with Crippen molar-refractivity contribution < 1.29 is 4.42 Å². The molecule has 4 nitrogen and oxygen atoms in total. The van der Waals surface area contributed by atoms with E-state index in [0.717, 1.165) is 59.7 Å². The maximum atomic E-state index is 9.67. The molecule has 1 heterocycles. The van der Waals surface area contributed by atoms with Gasteiger partial charge in [0, 0.05) is 35.6 Å². The molecule has 0 bridgehead atoms. The van der Waals surface area contributed by atoms with Crippen LogP contribution in [-0.4, -0.2) is 18.0 Å². The van der Waals surface area contributed by atoms with Gasteiger partial charge in [-0.15, -0.1) is 0 Å². The molecule has 0 amide bonds. The summed E-state index contributed by atoms with van der Waals surface area (Å²) in [5.41, 5.74) is 11.5. The first-order valence-corrected chi connectivity index (χ1v) is 11.3. The van der Waals surface area contributed by atoms with Crippen molar-refractivity contribution in [3.8, 4) is 17.4 Å². The Morgan fingerprint density at radius 1 is 1.22 bits per heavy atom. The van der Waals surface area contributed by atoms with Gasteiger partial charge in [0.1, 0.15) is 17.6 Å². The van der Waals surface area contributed by atoms with Gasteiger partial charge in [-0.25, -0.2) is 0 Å². The van der Waals surface area contributed by atoms with E-state index >= 15 is 0 Å². The van der Waals surface area contributed by atoms with Crippen LogP contribution in [0, 0.1) is 11.3 Å². The number of hydrogen-bond donors (Lipinski definition) is 1. The van der Waals surface area contributed by atoms with Gasteiger partial charge in [0.25, 0.3) is 0 Å². The van der Waals surface area contributed by atoms with Gasteiger partial charge in [0.15, 0.2) is 0 Å². The fourth-order valence-electron chi connectivity index (χ4n) is 3.97. The largest absolute Gasteiger partial charge is 0.456 e. The zero-order chi connectivity index (χ0) is 23.3. The minimum Gasteiger partial charge on any atom is -0.456 e. The summed E-state index contributed by atoms with van der Waals surface area (Å²) < 4.78 is 6.12. The standard InChI is InChI=1S/C28H33N3O/c1-6-24(31(7-2)8-3)17-22-12-13-23(16-19(22)4)27-15-14-26(32-27)20(5)25(18-29)28(30)21-10-9-11-21/h6,12-17H,4,7-11,30H2,1-3,5H3/b22-17-,24-6+,25-20+. The molecular formula is C28H33N3O. The molecular weight excluding hydrogens is 394 g/mol. The number of benzene rings is 1. The Balaban J connectivity index is 1.94. The first-order chi connectivity index (χ1) is 15.4. The number of hydrogen-bond acceptors (Lipinski definition) is 4. The van der Waals surface area contributed by atoms with Crippen molar-refractivity contribution in [1.29, 1.82) is 5.26 Å². The van der Waals surface area contributed by atoms with Crippen LogP contribution < -0.4 is 16.2 Å². The van der Waals surface area contributed by atoms with E-state index in [-0.39, 0.29) is 0 Å². The van der Waals surface area contributed by atoms with Crippen molar-refractivity contribution in [1.82, 2.24) is 4.90 Å². The summed E-state index contributed by atoms with van der Waals surface area (Å²) in [7, 11) is 0. The van der Waals surface area contributed by atoms with E-state index in [1.807, 2.05) is 31.2 Å². The lowest BCUT2D eigenvalue weighted by molar-refractivity contribution is 0.399. The molecule has 166 valence electrons. The molecule has 3 rings (SSSR count). The fourth-order valence-corrected chi connectivity index (χ4v) is 3.97. The van der Waals surface area contributed by atoms with Crippen molar-refractivity contribution >= 4 is 18.2 Å². The van der Waals surface area contributed by atoms with Crippen LogP contribution in [0.5, 0.6) is 0 Å². The number of rotatable bonds is 7. The lowest BCUT2D eigenvalue weighted by Crippen LogP contribution is -2.27. The average molecular weight is 428 g/mol. The van der Waals surface area contributed by atoms with Crippen molar-refractivity contribution in [2.75, 3.05) is 13.1 Å². The third-order valence-electron chi connectivity index (χ3n) is 6.22. The number of nitrogens with zero attached hydrogens (tertiary/aromatic N) is 2. The lowest BCUT2D eigenvalue weighted by Gasteiger charge is -2.21. The molecule has 1 saturated carbocycles. The highest BCUT2D eigenvalue weighted by Crippen LogP contribution is 2.33. The Labute approximate surface area is 191 Å². The molecule has 1 aliphatic carbocycles. The van der Waals surface area contributed by atoms with E-state index < -0.39 is 0 Å². The van der Waals surface area contributed by atoms with Crippen molar-refractivity contribution in [3.63, 3.8) is 0 Å². The predicted octanol–water partition coefficient (Wildman–Crippen LogP) is 5.08. The Kier molecular flexibility index (Phi) is 7.43. The van der Waals surface area contributed by atoms with Gasteiger partial charge in [-0.05, 0) is 87.2 Å². The van der Waals surface area contributed by atoms with Gasteiger partial charge in [0.2, 0.25) is 0 Å². The molecule has 1 aromatic carbocycles. The van der Waals surface area contributed by atoms with Crippen LogP contribution in [0.2, 0.25) is 0 Å². The van der Waals surface area contributed by atoms with E-state index in [0.29, 0.717) is 17.0 Å². The van der Waals surface area contributed by atoms with Crippen molar-refractivity contribution in [2.45, 2.75) is 47.0 Å². The summed E-state index contributed by atoms with van der Waals surface area (Å²) in [4.78, 5) is 2.32. The monoisotopic (exact) mass is 427 g/mol. The normalized spacial score (nSPS) is 15.2. The smallest absolute Gasteiger partial charge is 0.134 e. The van der Waals surface area contributed by atoms with E-state index in [4.69, 9.17) is 10.2 Å². The third kappa shape index (κ3) is 4.73. The maximum Gasteiger partial charge on any atom is 0.134 e. The Morgan fingerprint density at radius 3 is 2.47 bits per heavy atom. The molecule has 0 atom stereocenters.